The zero-order valence-electron chi connectivity index (χ0n) is 20.2. The Hall–Kier alpha value is -3.44. The standard InChI is InChI=1S/C23H34N10O/c1-4-31(5-2)11-10-30(3)20-16-21(26-17-25-20)33-22(24)28-23(29-33)27-18-6-8-19(9-7-18)32-12-14-34-15-13-32/h6-9,16-17H,4-5,10-15H2,1-3H3,(H3,24,27,28,29). The van der Waals surface area contributed by atoms with E-state index in [1.807, 2.05) is 25.2 Å². The molecule has 3 N–H and O–H groups in total. The molecule has 0 bridgehead atoms. The lowest BCUT2D eigenvalue weighted by molar-refractivity contribution is 0.122. The van der Waals surface area contributed by atoms with Crippen LogP contribution in [-0.2, 0) is 4.74 Å². The Kier molecular flexibility index (Phi) is 7.76. The van der Waals surface area contributed by atoms with Gasteiger partial charge in [-0.1, -0.05) is 13.8 Å². The van der Waals surface area contributed by atoms with E-state index >= 15 is 0 Å². The number of rotatable bonds is 10. The van der Waals surface area contributed by atoms with E-state index in [1.54, 1.807) is 0 Å². The van der Waals surface area contributed by atoms with Crippen LogP contribution < -0.4 is 20.9 Å². The number of morpholine rings is 1. The van der Waals surface area contributed by atoms with E-state index in [9.17, 15) is 0 Å². The first-order valence-electron chi connectivity index (χ1n) is 11.8. The van der Waals surface area contributed by atoms with Crippen molar-refractivity contribution in [1.29, 1.82) is 0 Å². The van der Waals surface area contributed by atoms with Gasteiger partial charge in [-0.15, -0.1) is 5.10 Å². The molecule has 0 spiro atoms. The van der Waals surface area contributed by atoms with Gasteiger partial charge in [-0.05, 0) is 37.4 Å². The van der Waals surface area contributed by atoms with Crippen LogP contribution in [-0.4, -0.2) is 89.2 Å². The average Bonchev–Trinajstić information content (AvgIpc) is 3.25. The van der Waals surface area contributed by atoms with E-state index in [0.717, 1.165) is 64.0 Å². The highest BCUT2D eigenvalue weighted by atomic mass is 16.5. The van der Waals surface area contributed by atoms with Crippen LogP contribution in [0.25, 0.3) is 5.82 Å². The molecule has 0 amide bonds. The molecule has 0 atom stereocenters. The van der Waals surface area contributed by atoms with Crippen molar-refractivity contribution in [2.45, 2.75) is 13.8 Å². The maximum atomic E-state index is 6.16. The third kappa shape index (κ3) is 5.72. The molecule has 182 valence electrons. The average molecular weight is 467 g/mol. The number of benzene rings is 1. The normalized spacial score (nSPS) is 13.9. The van der Waals surface area contributed by atoms with Crippen LogP contribution in [0, 0.1) is 0 Å². The number of nitrogens with two attached hydrogens (primary N) is 1. The minimum Gasteiger partial charge on any atom is -0.378 e. The number of nitrogens with one attached hydrogen (secondary N) is 1. The predicted octanol–water partition coefficient (Wildman–Crippen LogP) is 2.00. The summed E-state index contributed by atoms with van der Waals surface area (Å²) in [5, 5.41) is 7.74. The van der Waals surface area contributed by atoms with Crippen LogP contribution in [0.2, 0.25) is 0 Å². The van der Waals surface area contributed by atoms with Crippen molar-refractivity contribution in [2.24, 2.45) is 0 Å². The van der Waals surface area contributed by atoms with Crippen molar-refractivity contribution in [3.8, 4) is 5.82 Å². The molecule has 0 unspecified atom stereocenters. The number of hydrogen-bond donors (Lipinski definition) is 2. The predicted molar refractivity (Wildman–Crippen MR) is 135 cm³/mol. The molecule has 1 aliphatic rings. The van der Waals surface area contributed by atoms with E-state index in [2.05, 4.69) is 66.0 Å². The van der Waals surface area contributed by atoms with Crippen LogP contribution >= 0.6 is 0 Å². The molecule has 4 rings (SSSR count). The molecular weight excluding hydrogens is 432 g/mol. The van der Waals surface area contributed by atoms with Crippen molar-refractivity contribution in [3.05, 3.63) is 36.7 Å². The first-order chi connectivity index (χ1) is 16.6. The number of anilines is 5. The first kappa shape index (κ1) is 23.7. The highest BCUT2D eigenvalue weighted by Gasteiger charge is 2.14. The van der Waals surface area contributed by atoms with Crippen LogP contribution in [0.5, 0.6) is 0 Å². The van der Waals surface area contributed by atoms with Crippen molar-refractivity contribution >= 4 is 29.1 Å². The second kappa shape index (κ2) is 11.1. The molecule has 34 heavy (non-hydrogen) atoms. The van der Waals surface area contributed by atoms with E-state index in [-0.39, 0.29) is 5.95 Å². The van der Waals surface area contributed by atoms with Crippen molar-refractivity contribution < 1.29 is 4.74 Å². The number of hydrogen-bond acceptors (Lipinski definition) is 10. The highest BCUT2D eigenvalue weighted by Crippen LogP contribution is 2.22. The zero-order chi connectivity index (χ0) is 23.9. The molecule has 11 heteroatoms. The molecule has 0 saturated carbocycles. The van der Waals surface area contributed by atoms with Gasteiger partial charge in [0.1, 0.15) is 12.1 Å². The van der Waals surface area contributed by atoms with Crippen LogP contribution in [0.15, 0.2) is 36.7 Å². The van der Waals surface area contributed by atoms with Gasteiger partial charge in [0.15, 0.2) is 5.82 Å². The number of nitrogens with zero attached hydrogens (tertiary/aromatic N) is 8. The van der Waals surface area contributed by atoms with Crippen LogP contribution in [0.4, 0.5) is 29.1 Å². The molecule has 1 saturated heterocycles. The lowest BCUT2D eigenvalue weighted by Gasteiger charge is -2.28. The van der Waals surface area contributed by atoms with Crippen molar-refractivity contribution in [3.63, 3.8) is 0 Å². The first-order valence-corrected chi connectivity index (χ1v) is 11.8. The minimum absolute atomic E-state index is 0.253. The second-order valence-corrected chi connectivity index (χ2v) is 8.16. The van der Waals surface area contributed by atoms with E-state index in [1.165, 1.54) is 16.7 Å². The minimum atomic E-state index is 0.253. The summed E-state index contributed by atoms with van der Waals surface area (Å²) in [6, 6.07) is 10.1. The fourth-order valence-electron chi connectivity index (χ4n) is 3.86. The smallest absolute Gasteiger partial charge is 0.248 e. The Morgan fingerprint density at radius 2 is 1.79 bits per heavy atom. The fourth-order valence-corrected chi connectivity index (χ4v) is 3.86. The summed E-state index contributed by atoms with van der Waals surface area (Å²) >= 11 is 0. The lowest BCUT2D eigenvalue weighted by atomic mass is 10.2. The number of ether oxygens (including phenoxy) is 1. The summed E-state index contributed by atoms with van der Waals surface area (Å²) < 4.78 is 6.95. The summed E-state index contributed by atoms with van der Waals surface area (Å²) in [7, 11) is 2.02. The molecule has 3 heterocycles. The zero-order valence-corrected chi connectivity index (χ0v) is 20.2. The molecule has 11 nitrogen and oxygen atoms in total. The van der Waals surface area contributed by atoms with Gasteiger partial charge in [-0.2, -0.15) is 9.67 Å². The molecule has 3 aromatic rings. The number of aromatic nitrogens is 5. The van der Waals surface area contributed by atoms with Crippen molar-refractivity contribution in [1.82, 2.24) is 29.6 Å². The molecule has 0 radical (unpaired) electrons. The fraction of sp³-hybridized carbons (Fsp3) is 0.478. The largest absolute Gasteiger partial charge is 0.378 e. The van der Waals surface area contributed by atoms with Crippen LogP contribution in [0.1, 0.15) is 13.8 Å². The second-order valence-electron chi connectivity index (χ2n) is 8.16. The van der Waals surface area contributed by atoms with Gasteiger partial charge in [0.25, 0.3) is 0 Å². The number of nitrogen functional groups attached to an aromatic ring is 1. The highest BCUT2D eigenvalue weighted by molar-refractivity contribution is 5.60. The van der Waals surface area contributed by atoms with E-state index < -0.39 is 0 Å². The lowest BCUT2D eigenvalue weighted by Crippen LogP contribution is -2.36. The maximum Gasteiger partial charge on any atom is 0.248 e. The molecule has 0 aliphatic carbocycles. The van der Waals surface area contributed by atoms with Gasteiger partial charge in [-0.25, -0.2) is 9.97 Å². The summed E-state index contributed by atoms with van der Waals surface area (Å²) in [5.41, 5.74) is 8.21. The Labute approximate surface area is 200 Å². The summed E-state index contributed by atoms with van der Waals surface area (Å²) in [4.78, 5) is 19.9. The van der Waals surface area contributed by atoms with Crippen molar-refractivity contribution in [2.75, 3.05) is 80.4 Å². The summed E-state index contributed by atoms with van der Waals surface area (Å²) in [6.07, 6.45) is 1.52. The van der Waals surface area contributed by atoms with Gasteiger partial charge in [0.05, 0.1) is 13.2 Å². The van der Waals surface area contributed by atoms with Gasteiger partial charge >= 0.3 is 0 Å². The van der Waals surface area contributed by atoms with Gasteiger partial charge in [0, 0.05) is 50.7 Å². The van der Waals surface area contributed by atoms with Gasteiger partial charge in [0.2, 0.25) is 11.9 Å². The third-order valence-corrected chi connectivity index (χ3v) is 6.02. The topological polar surface area (TPSA) is 113 Å². The Morgan fingerprint density at radius 3 is 2.50 bits per heavy atom. The Balaban J connectivity index is 1.43. The quantitative estimate of drug-likeness (QED) is 0.460. The maximum absolute atomic E-state index is 6.16. The summed E-state index contributed by atoms with van der Waals surface area (Å²) in [5.74, 6) is 2.04. The molecule has 2 aromatic heterocycles. The molecule has 1 fully saturated rings. The Morgan fingerprint density at radius 1 is 1.06 bits per heavy atom. The van der Waals surface area contributed by atoms with Gasteiger partial charge < -0.3 is 30.5 Å². The van der Waals surface area contributed by atoms with E-state index in [4.69, 9.17) is 10.5 Å². The Bertz CT molecular complexity index is 1040. The molecule has 1 aliphatic heterocycles. The van der Waals surface area contributed by atoms with Crippen LogP contribution in [0.3, 0.4) is 0 Å². The molecular formula is C23H34N10O. The molecule has 1 aromatic carbocycles. The van der Waals surface area contributed by atoms with E-state index in [0.29, 0.717) is 11.8 Å². The van der Waals surface area contributed by atoms with Gasteiger partial charge in [-0.3, -0.25) is 0 Å². The monoisotopic (exact) mass is 466 g/mol. The summed E-state index contributed by atoms with van der Waals surface area (Å²) in [6.45, 7) is 11.6. The number of likely N-dealkylation sites (N-methyl/N-ethyl adjacent to an activating group) is 2. The third-order valence-electron chi connectivity index (χ3n) is 6.02. The SMILES string of the molecule is CCN(CC)CCN(C)c1cc(-n2nc(Nc3ccc(N4CCOCC4)cc3)nc2N)ncn1.